The van der Waals surface area contributed by atoms with Gasteiger partial charge < -0.3 is 10.2 Å². The normalized spacial score (nSPS) is 10.4. The summed E-state index contributed by atoms with van der Waals surface area (Å²) in [6.07, 6.45) is 0.288. The van der Waals surface area contributed by atoms with Gasteiger partial charge in [-0.2, -0.15) is 0 Å². The molecule has 0 unspecified atom stereocenters. The van der Waals surface area contributed by atoms with Crippen LogP contribution in [-0.4, -0.2) is 22.0 Å². The van der Waals surface area contributed by atoms with Crippen LogP contribution >= 0.6 is 0 Å². The maximum atomic E-state index is 11.7. The molecule has 1 aromatic rings. The van der Waals surface area contributed by atoms with Gasteiger partial charge in [0.05, 0.1) is 5.56 Å². The number of ketones is 1. The molecule has 0 bridgehead atoms. The van der Waals surface area contributed by atoms with E-state index in [1.54, 1.807) is 0 Å². The highest BCUT2D eigenvalue weighted by atomic mass is 16.4. The van der Waals surface area contributed by atoms with Crippen LogP contribution in [0.15, 0.2) is 18.2 Å². The monoisotopic (exact) mass is 222 g/mol. The summed E-state index contributed by atoms with van der Waals surface area (Å²) in [5, 5.41) is 18.4. The fourth-order valence-corrected chi connectivity index (χ4v) is 1.42. The second-order valence-electron chi connectivity index (χ2n) is 4.03. The number of rotatable bonds is 4. The molecule has 0 aliphatic heterocycles. The van der Waals surface area contributed by atoms with Gasteiger partial charge in [-0.3, -0.25) is 4.79 Å². The number of phenols is 1. The lowest BCUT2D eigenvalue weighted by molar-refractivity contribution is 0.0693. The predicted molar refractivity (Wildman–Crippen MR) is 58.9 cm³/mol. The molecule has 0 amide bonds. The van der Waals surface area contributed by atoms with Crippen LogP contribution in [0.3, 0.4) is 0 Å². The van der Waals surface area contributed by atoms with Crippen molar-refractivity contribution >= 4 is 11.8 Å². The van der Waals surface area contributed by atoms with Crippen molar-refractivity contribution in [1.82, 2.24) is 0 Å². The Bertz CT molecular complexity index is 421. The lowest BCUT2D eigenvalue weighted by Crippen LogP contribution is -2.06. The number of aromatic hydroxyl groups is 1. The van der Waals surface area contributed by atoms with Crippen molar-refractivity contribution in [2.75, 3.05) is 0 Å². The first-order valence-electron chi connectivity index (χ1n) is 5.02. The number of Topliss-reactive ketones (excluding diaryl/α,β-unsaturated/α-hetero) is 1. The molecule has 1 aromatic carbocycles. The Morgan fingerprint density at radius 1 is 1.25 bits per heavy atom. The SMILES string of the molecule is CC(C)CC(=O)c1cccc(C(=O)O)c1O. The van der Waals surface area contributed by atoms with Crippen molar-refractivity contribution in [3.8, 4) is 5.75 Å². The second kappa shape index (κ2) is 4.79. The highest BCUT2D eigenvalue weighted by Gasteiger charge is 2.18. The first-order valence-corrected chi connectivity index (χ1v) is 5.02. The average molecular weight is 222 g/mol. The van der Waals surface area contributed by atoms with Crippen LogP contribution in [0.5, 0.6) is 5.75 Å². The summed E-state index contributed by atoms with van der Waals surface area (Å²) >= 11 is 0. The number of carbonyl (C=O) groups is 2. The van der Waals surface area contributed by atoms with Crippen LogP contribution in [0.2, 0.25) is 0 Å². The van der Waals surface area contributed by atoms with E-state index in [4.69, 9.17) is 5.11 Å². The molecule has 0 aliphatic carbocycles. The van der Waals surface area contributed by atoms with Gasteiger partial charge in [0.1, 0.15) is 11.3 Å². The Morgan fingerprint density at radius 3 is 2.31 bits per heavy atom. The third-order valence-electron chi connectivity index (χ3n) is 2.16. The zero-order valence-electron chi connectivity index (χ0n) is 9.23. The molecular weight excluding hydrogens is 208 g/mol. The Hall–Kier alpha value is -1.84. The van der Waals surface area contributed by atoms with Crippen LogP contribution in [0, 0.1) is 5.92 Å². The molecule has 0 aromatic heterocycles. The van der Waals surface area contributed by atoms with E-state index in [0.717, 1.165) is 0 Å². The molecular formula is C12H14O4. The smallest absolute Gasteiger partial charge is 0.339 e. The van der Waals surface area contributed by atoms with E-state index in [1.165, 1.54) is 18.2 Å². The van der Waals surface area contributed by atoms with E-state index in [0.29, 0.717) is 0 Å². The van der Waals surface area contributed by atoms with Crippen LogP contribution in [0.4, 0.5) is 0 Å². The fraction of sp³-hybridized carbons (Fsp3) is 0.333. The van der Waals surface area contributed by atoms with Crippen molar-refractivity contribution in [1.29, 1.82) is 0 Å². The Labute approximate surface area is 93.5 Å². The number of carboxylic acids is 1. The molecule has 1 rings (SSSR count). The minimum atomic E-state index is -1.24. The van der Waals surface area contributed by atoms with Crippen molar-refractivity contribution in [3.63, 3.8) is 0 Å². The van der Waals surface area contributed by atoms with E-state index in [1.807, 2.05) is 13.8 Å². The molecule has 0 atom stereocenters. The topological polar surface area (TPSA) is 74.6 Å². The average Bonchev–Trinajstić information content (AvgIpc) is 2.16. The molecule has 0 saturated carbocycles. The van der Waals surface area contributed by atoms with E-state index in [2.05, 4.69) is 0 Å². The van der Waals surface area contributed by atoms with Gasteiger partial charge in [0, 0.05) is 6.42 Å². The molecule has 0 fully saturated rings. The Morgan fingerprint density at radius 2 is 1.81 bits per heavy atom. The van der Waals surface area contributed by atoms with E-state index in [9.17, 15) is 14.7 Å². The maximum Gasteiger partial charge on any atom is 0.339 e. The van der Waals surface area contributed by atoms with E-state index in [-0.39, 0.29) is 29.2 Å². The van der Waals surface area contributed by atoms with Gasteiger partial charge in [-0.05, 0) is 18.1 Å². The van der Waals surface area contributed by atoms with Crippen LogP contribution < -0.4 is 0 Å². The summed E-state index contributed by atoms with van der Waals surface area (Å²) in [4.78, 5) is 22.4. The minimum Gasteiger partial charge on any atom is -0.506 e. The zero-order valence-corrected chi connectivity index (χ0v) is 9.23. The summed E-state index contributed by atoms with van der Waals surface area (Å²) in [5.74, 6) is -1.76. The fourth-order valence-electron chi connectivity index (χ4n) is 1.42. The highest BCUT2D eigenvalue weighted by molar-refractivity contribution is 6.02. The number of para-hydroxylation sites is 1. The number of benzene rings is 1. The predicted octanol–water partition coefficient (Wildman–Crippen LogP) is 2.32. The summed E-state index contributed by atoms with van der Waals surface area (Å²) in [6, 6.07) is 4.16. The number of aromatic carboxylic acids is 1. The maximum absolute atomic E-state index is 11.7. The van der Waals surface area contributed by atoms with E-state index >= 15 is 0 Å². The van der Waals surface area contributed by atoms with Gasteiger partial charge >= 0.3 is 5.97 Å². The molecule has 0 aliphatic rings. The zero-order chi connectivity index (χ0) is 12.3. The third-order valence-corrected chi connectivity index (χ3v) is 2.16. The molecule has 4 nitrogen and oxygen atoms in total. The summed E-state index contributed by atoms with van der Waals surface area (Å²) in [5.41, 5.74) is -0.164. The summed E-state index contributed by atoms with van der Waals surface area (Å²) in [6.45, 7) is 3.77. The van der Waals surface area contributed by atoms with Gasteiger partial charge in [0.25, 0.3) is 0 Å². The molecule has 0 spiro atoms. The first-order chi connectivity index (χ1) is 7.43. The standard InChI is InChI=1S/C12H14O4/c1-7(2)6-10(13)8-4-3-5-9(11(8)14)12(15)16/h3-5,7,14H,6H2,1-2H3,(H,15,16). The number of hydrogen-bond acceptors (Lipinski definition) is 3. The van der Waals surface area contributed by atoms with Crippen LogP contribution in [0.25, 0.3) is 0 Å². The molecule has 0 saturated heterocycles. The van der Waals surface area contributed by atoms with Crippen LogP contribution in [-0.2, 0) is 0 Å². The van der Waals surface area contributed by atoms with Gasteiger partial charge in [-0.1, -0.05) is 19.9 Å². The summed E-state index contributed by atoms with van der Waals surface area (Å²) < 4.78 is 0. The summed E-state index contributed by atoms with van der Waals surface area (Å²) in [7, 11) is 0. The number of carbonyl (C=O) groups excluding carboxylic acids is 1. The third kappa shape index (κ3) is 2.59. The van der Waals surface area contributed by atoms with Gasteiger partial charge in [-0.25, -0.2) is 4.79 Å². The number of hydrogen-bond donors (Lipinski definition) is 2. The van der Waals surface area contributed by atoms with E-state index < -0.39 is 11.7 Å². The molecule has 16 heavy (non-hydrogen) atoms. The molecule has 4 heteroatoms. The first kappa shape index (κ1) is 12.2. The van der Waals surface area contributed by atoms with Gasteiger partial charge in [-0.15, -0.1) is 0 Å². The van der Waals surface area contributed by atoms with Gasteiger partial charge in [0.2, 0.25) is 0 Å². The second-order valence-corrected chi connectivity index (χ2v) is 4.03. The molecule has 86 valence electrons. The Kier molecular flexibility index (Phi) is 3.66. The number of carboxylic acid groups (broad SMARTS) is 1. The van der Waals surface area contributed by atoms with Crippen LogP contribution in [0.1, 0.15) is 41.0 Å². The quantitative estimate of drug-likeness (QED) is 0.766. The van der Waals surface area contributed by atoms with Crippen molar-refractivity contribution in [3.05, 3.63) is 29.3 Å². The lowest BCUT2D eigenvalue weighted by atomic mass is 9.98. The lowest BCUT2D eigenvalue weighted by Gasteiger charge is -2.07. The largest absolute Gasteiger partial charge is 0.506 e. The van der Waals surface area contributed by atoms with Crippen molar-refractivity contribution in [2.24, 2.45) is 5.92 Å². The van der Waals surface area contributed by atoms with Gasteiger partial charge in [0.15, 0.2) is 5.78 Å². The van der Waals surface area contributed by atoms with Crippen molar-refractivity contribution < 1.29 is 19.8 Å². The highest BCUT2D eigenvalue weighted by Crippen LogP contribution is 2.24. The molecule has 2 N–H and O–H groups in total. The Balaban J connectivity index is 3.10. The van der Waals surface area contributed by atoms with Crippen molar-refractivity contribution in [2.45, 2.75) is 20.3 Å². The minimum absolute atomic E-state index is 0.0774. The molecule has 0 heterocycles. The molecule has 0 radical (unpaired) electrons.